The topological polar surface area (TPSA) is 64.1 Å². The maximum Gasteiger partial charge on any atom is 0.0781 e. The first kappa shape index (κ1) is 13.6. The average molecular weight is 251 g/mol. The summed E-state index contributed by atoms with van der Waals surface area (Å²) in [4.78, 5) is 0. The molecular formula is C14H25N3O. The standard InChI is InChI=1S/C14H25N3O/c1-11-12(6-5-9-15)10-16-17(11)13-7-3-2-4-8-14(13)18/h10,13-14,18H,2-9,15H2,1H3. The van der Waals surface area contributed by atoms with Crippen molar-refractivity contribution in [3.8, 4) is 0 Å². The first-order valence-electron chi connectivity index (χ1n) is 7.15. The van der Waals surface area contributed by atoms with Crippen molar-refractivity contribution < 1.29 is 5.11 Å². The smallest absolute Gasteiger partial charge is 0.0781 e. The number of hydrogen-bond donors (Lipinski definition) is 2. The lowest BCUT2D eigenvalue weighted by molar-refractivity contribution is 0.0979. The Labute approximate surface area is 109 Å². The lowest BCUT2D eigenvalue weighted by Crippen LogP contribution is -2.24. The van der Waals surface area contributed by atoms with Gasteiger partial charge in [-0.1, -0.05) is 19.3 Å². The molecule has 1 fully saturated rings. The molecule has 0 radical (unpaired) electrons. The zero-order valence-corrected chi connectivity index (χ0v) is 11.3. The van der Waals surface area contributed by atoms with Gasteiger partial charge in [0.05, 0.1) is 18.3 Å². The van der Waals surface area contributed by atoms with Crippen LogP contribution in [0.5, 0.6) is 0 Å². The van der Waals surface area contributed by atoms with Crippen LogP contribution in [0.1, 0.15) is 55.8 Å². The summed E-state index contributed by atoms with van der Waals surface area (Å²) < 4.78 is 2.04. The molecule has 1 aromatic heterocycles. The Balaban J connectivity index is 2.13. The van der Waals surface area contributed by atoms with Crippen LogP contribution in [-0.2, 0) is 6.42 Å². The summed E-state index contributed by atoms with van der Waals surface area (Å²) >= 11 is 0. The normalized spacial score (nSPS) is 25.1. The molecule has 1 aliphatic carbocycles. The summed E-state index contributed by atoms with van der Waals surface area (Å²) in [6, 6.07) is 0.166. The van der Waals surface area contributed by atoms with Gasteiger partial charge in [0, 0.05) is 5.69 Å². The maximum absolute atomic E-state index is 10.2. The number of aromatic nitrogens is 2. The monoisotopic (exact) mass is 251 g/mol. The van der Waals surface area contributed by atoms with Crippen LogP contribution in [0.2, 0.25) is 0 Å². The van der Waals surface area contributed by atoms with E-state index in [2.05, 4.69) is 12.0 Å². The van der Waals surface area contributed by atoms with E-state index >= 15 is 0 Å². The lowest BCUT2D eigenvalue weighted by Gasteiger charge is -2.22. The minimum Gasteiger partial charge on any atom is -0.391 e. The van der Waals surface area contributed by atoms with Gasteiger partial charge >= 0.3 is 0 Å². The second kappa shape index (κ2) is 6.34. The first-order chi connectivity index (χ1) is 8.74. The molecule has 0 aliphatic heterocycles. The molecule has 102 valence electrons. The molecule has 1 saturated carbocycles. The predicted octanol–water partition coefficient (Wildman–Crippen LogP) is 1.95. The van der Waals surface area contributed by atoms with Crippen molar-refractivity contribution in [3.63, 3.8) is 0 Å². The minimum absolute atomic E-state index is 0.166. The zero-order valence-electron chi connectivity index (χ0n) is 11.3. The van der Waals surface area contributed by atoms with Crippen molar-refractivity contribution >= 4 is 0 Å². The molecule has 0 aromatic carbocycles. The predicted molar refractivity (Wildman–Crippen MR) is 72.5 cm³/mol. The van der Waals surface area contributed by atoms with Gasteiger partial charge in [0.25, 0.3) is 0 Å². The van der Waals surface area contributed by atoms with Crippen molar-refractivity contribution in [3.05, 3.63) is 17.5 Å². The molecule has 2 unspecified atom stereocenters. The average Bonchev–Trinajstić information content (AvgIpc) is 2.58. The van der Waals surface area contributed by atoms with Crippen LogP contribution in [0, 0.1) is 6.92 Å². The highest BCUT2D eigenvalue weighted by Gasteiger charge is 2.25. The number of hydrogen-bond acceptors (Lipinski definition) is 3. The summed E-state index contributed by atoms with van der Waals surface area (Å²) in [6.45, 7) is 2.83. The summed E-state index contributed by atoms with van der Waals surface area (Å²) in [5.74, 6) is 0. The van der Waals surface area contributed by atoms with Crippen LogP contribution < -0.4 is 5.73 Å². The van der Waals surface area contributed by atoms with Gasteiger partial charge in [-0.15, -0.1) is 0 Å². The van der Waals surface area contributed by atoms with Gasteiger partial charge in [0.15, 0.2) is 0 Å². The van der Waals surface area contributed by atoms with E-state index in [9.17, 15) is 5.11 Å². The van der Waals surface area contributed by atoms with E-state index in [0.29, 0.717) is 0 Å². The van der Waals surface area contributed by atoms with Crippen molar-refractivity contribution in [2.75, 3.05) is 6.54 Å². The molecular weight excluding hydrogens is 226 g/mol. The summed E-state index contributed by atoms with van der Waals surface area (Å²) in [6.07, 6.45) is 9.20. The van der Waals surface area contributed by atoms with E-state index in [0.717, 1.165) is 38.6 Å². The number of nitrogens with two attached hydrogens (primary N) is 1. The van der Waals surface area contributed by atoms with E-state index in [-0.39, 0.29) is 12.1 Å². The SMILES string of the molecule is Cc1c(CCCN)cnn1C1CCCCCC1O. The second-order valence-electron chi connectivity index (χ2n) is 5.36. The van der Waals surface area contributed by atoms with Crippen molar-refractivity contribution in [2.45, 2.75) is 64.0 Å². The number of nitrogens with zero attached hydrogens (tertiary/aromatic N) is 2. The van der Waals surface area contributed by atoms with Gasteiger partial charge in [0.1, 0.15) is 0 Å². The van der Waals surface area contributed by atoms with Crippen LogP contribution >= 0.6 is 0 Å². The highest BCUT2D eigenvalue weighted by molar-refractivity contribution is 5.17. The molecule has 1 aliphatic rings. The van der Waals surface area contributed by atoms with Gasteiger partial charge in [-0.2, -0.15) is 5.10 Å². The van der Waals surface area contributed by atoms with Crippen molar-refractivity contribution in [1.29, 1.82) is 0 Å². The molecule has 0 saturated heterocycles. The third kappa shape index (κ3) is 2.93. The highest BCUT2D eigenvalue weighted by atomic mass is 16.3. The molecule has 2 atom stereocenters. The molecule has 3 N–H and O–H groups in total. The van der Waals surface area contributed by atoms with Gasteiger partial charge < -0.3 is 10.8 Å². The highest BCUT2D eigenvalue weighted by Crippen LogP contribution is 2.29. The Hall–Kier alpha value is -0.870. The van der Waals surface area contributed by atoms with Crippen LogP contribution in [0.25, 0.3) is 0 Å². The summed E-state index contributed by atoms with van der Waals surface area (Å²) in [7, 11) is 0. The lowest BCUT2D eigenvalue weighted by atomic mass is 10.1. The molecule has 18 heavy (non-hydrogen) atoms. The zero-order chi connectivity index (χ0) is 13.0. The number of aliphatic hydroxyl groups is 1. The van der Waals surface area contributed by atoms with Crippen LogP contribution in [0.4, 0.5) is 0 Å². The van der Waals surface area contributed by atoms with E-state index in [4.69, 9.17) is 5.73 Å². The Bertz CT molecular complexity index is 375. The van der Waals surface area contributed by atoms with Crippen LogP contribution in [-0.4, -0.2) is 27.5 Å². The quantitative estimate of drug-likeness (QED) is 0.804. The largest absolute Gasteiger partial charge is 0.391 e. The molecule has 1 aromatic rings. The minimum atomic E-state index is -0.242. The van der Waals surface area contributed by atoms with Crippen molar-refractivity contribution in [1.82, 2.24) is 9.78 Å². The molecule has 4 nitrogen and oxygen atoms in total. The fourth-order valence-electron chi connectivity index (χ4n) is 2.89. The first-order valence-corrected chi connectivity index (χ1v) is 7.15. The molecule has 2 rings (SSSR count). The molecule has 4 heteroatoms. The van der Waals surface area contributed by atoms with Gasteiger partial charge in [0.2, 0.25) is 0 Å². The number of aryl methyl sites for hydroxylation is 1. The van der Waals surface area contributed by atoms with Crippen molar-refractivity contribution in [2.24, 2.45) is 5.73 Å². The van der Waals surface area contributed by atoms with E-state index in [1.54, 1.807) is 0 Å². The Morgan fingerprint density at radius 2 is 2.17 bits per heavy atom. The second-order valence-corrected chi connectivity index (χ2v) is 5.36. The fourth-order valence-corrected chi connectivity index (χ4v) is 2.89. The molecule has 1 heterocycles. The van der Waals surface area contributed by atoms with Crippen LogP contribution in [0.3, 0.4) is 0 Å². The number of rotatable bonds is 4. The van der Waals surface area contributed by atoms with E-state index in [1.165, 1.54) is 24.1 Å². The van der Waals surface area contributed by atoms with Gasteiger partial charge in [-0.25, -0.2) is 0 Å². The molecule has 0 bridgehead atoms. The van der Waals surface area contributed by atoms with E-state index < -0.39 is 0 Å². The van der Waals surface area contributed by atoms with Gasteiger partial charge in [-0.3, -0.25) is 4.68 Å². The fraction of sp³-hybridized carbons (Fsp3) is 0.786. The Morgan fingerprint density at radius 1 is 1.39 bits per heavy atom. The van der Waals surface area contributed by atoms with E-state index in [1.807, 2.05) is 10.9 Å². The van der Waals surface area contributed by atoms with Gasteiger partial charge in [-0.05, 0) is 44.7 Å². The molecule has 0 spiro atoms. The Kier molecular flexibility index (Phi) is 4.78. The summed E-state index contributed by atoms with van der Waals surface area (Å²) in [5, 5.41) is 14.7. The maximum atomic E-state index is 10.2. The Morgan fingerprint density at radius 3 is 2.94 bits per heavy atom. The number of aliphatic hydroxyl groups excluding tert-OH is 1. The third-order valence-corrected chi connectivity index (χ3v) is 4.05. The molecule has 0 amide bonds. The summed E-state index contributed by atoms with van der Waals surface area (Å²) in [5.41, 5.74) is 8.03. The van der Waals surface area contributed by atoms with Crippen LogP contribution in [0.15, 0.2) is 6.20 Å². The third-order valence-electron chi connectivity index (χ3n) is 4.05.